The summed E-state index contributed by atoms with van der Waals surface area (Å²) in [6.07, 6.45) is 1.66. The number of aromatic nitrogens is 2. The van der Waals surface area contributed by atoms with Gasteiger partial charge in [-0.25, -0.2) is 4.68 Å². The Morgan fingerprint density at radius 3 is 3.09 bits per heavy atom. The molecule has 1 amide bonds. The van der Waals surface area contributed by atoms with Crippen LogP contribution in [0, 0.1) is 0 Å². The molecule has 0 spiro atoms. The molecule has 60 valence electrons. The zero-order valence-corrected chi connectivity index (χ0v) is 6.66. The summed E-state index contributed by atoms with van der Waals surface area (Å²) in [7, 11) is 0. The molecular weight excluding hydrogens is 142 g/mol. The number of amides is 1. The lowest BCUT2D eigenvalue weighted by Crippen LogP contribution is -2.11. The van der Waals surface area contributed by atoms with Gasteiger partial charge in [0.1, 0.15) is 5.82 Å². The van der Waals surface area contributed by atoms with Crippen LogP contribution >= 0.6 is 0 Å². The zero-order valence-electron chi connectivity index (χ0n) is 6.66. The molecule has 0 saturated carbocycles. The van der Waals surface area contributed by atoms with E-state index < -0.39 is 0 Å². The summed E-state index contributed by atoms with van der Waals surface area (Å²) in [5.41, 5.74) is 0. The Kier molecular flexibility index (Phi) is 2.25. The average Bonchev–Trinajstić information content (AvgIpc) is 2.34. The van der Waals surface area contributed by atoms with E-state index in [0.29, 0.717) is 0 Å². The summed E-state index contributed by atoms with van der Waals surface area (Å²) in [5.74, 6) is 0.681. The van der Waals surface area contributed by atoms with E-state index in [1.807, 2.05) is 6.92 Å². The van der Waals surface area contributed by atoms with Crippen LogP contribution in [0.4, 0.5) is 5.82 Å². The van der Waals surface area contributed by atoms with Crippen LogP contribution in [-0.4, -0.2) is 15.7 Å². The number of hydrogen-bond acceptors (Lipinski definition) is 2. The van der Waals surface area contributed by atoms with Crippen LogP contribution in [0.1, 0.15) is 13.8 Å². The van der Waals surface area contributed by atoms with E-state index in [0.717, 1.165) is 12.4 Å². The van der Waals surface area contributed by atoms with E-state index in [9.17, 15) is 4.79 Å². The first-order chi connectivity index (χ1) is 5.24. The molecule has 4 heteroatoms. The second-order valence-corrected chi connectivity index (χ2v) is 2.21. The highest BCUT2D eigenvalue weighted by atomic mass is 16.1. The fraction of sp³-hybridized carbons (Fsp3) is 0.429. The third-order valence-electron chi connectivity index (χ3n) is 1.32. The number of carbonyl (C=O) groups is 1. The topological polar surface area (TPSA) is 46.9 Å². The highest BCUT2D eigenvalue weighted by Gasteiger charge is 1.99. The maximum atomic E-state index is 10.6. The zero-order chi connectivity index (χ0) is 8.27. The molecule has 0 aliphatic heterocycles. The Balaban J connectivity index is 2.76. The van der Waals surface area contributed by atoms with Gasteiger partial charge in [-0.2, -0.15) is 5.10 Å². The Hall–Kier alpha value is -1.32. The maximum Gasteiger partial charge on any atom is 0.222 e. The molecule has 1 aromatic heterocycles. The smallest absolute Gasteiger partial charge is 0.222 e. The van der Waals surface area contributed by atoms with Crippen molar-refractivity contribution in [2.24, 2.45) is 0 Å². The Morgan fingerprint density at radius 2 is 2.55 bits per heavy atom. The van der Waals surface area contributed by atoms with Crippen LogP contribution in [0.25, 0.3) is 0 Å². The van der Waals surface area contributed by atoms with Gasteiger partial charge >= 0.3 is 0 Å². The van der Waals surface area contributed by atoms with Gasteiger partial charge in [0.2, 0.25) is 5.91 Å². The van der Waals surface area contributed by atoms with Gasteiger partial charge in [-0.05, 0) is 6.92 Å². The minimum absolute atomic E-state index is 0.0693. The van der Waals surface area contributed by atoms with Gasteiger partial charge in [0.05, 0.1) is 6.20 Å². The highest BCUT2D eigenvalue weighted by molar-refractivity contribution is 5.87. The monoisotopic (exact) mass is 153 g/mol. The summed E-state index contributed by atoms with van der Waals surface area (Å²) < 4.78 is 1.72. The van der Waals surface area contributed by atoms with Crippen LogP contribution < -0.4 is 5.32 Å². The number of rotatable bonds is 2. The molecule has 0 aliphatic rings. The number of nitrogens with one attached hydrogen (secondary N) is 1. The number of nitrogens with zero attached hydrogens (tertiary/aromatic N) is 2. The lowest BCUT2D eigenvalue weighted by molar-refractivity contribution is -0.114. The minimum Gasteiger partial charge on any atom is -0.311 e. The van der Waals surface area contributed by atoms with Crippen molar-refractivity contribution in [3.8, 4) is 0 Å². The Bertz CT molecular complexity index is 254. The number of aryl methyl sites for hydroxylation is 1. The second-order valence-electron chi connectivity index (χ2n) is 2.21. The Morgan fingerprint density at radius 1 is 1.82 bits per heavy atom. The molecule has 4 nitrogen and oxygen atoms in total. The molecule has 0 unspecified atom stereocenters. The lowest BCUT2D eigenvalue weighted by Gasteiger charge is -2.03. The highest BCUT2D eigenvalue weighted by Crippen LogP contribution is 2.04. The first-order valence-electron chi connectivity index (χ1n) is 3.53. The molecule has 1 aromatic rings. The van der Waals surface area contributed by atoms with Crippen molar-refractivity contribution in [1.82, 2.24) is 9.78 Å². The van der Waals surface area contributed by atoms with Gasteiger partial charge < -0.3 is 5.32 Å². The number of carbonyl (C=O) groups excluding carboxylic acids is 1. The van der Waals surface area contributed by atoms with Crippen molar-refractivity contribution in [3.63, 3.8) is 0 Å². The fourth-order valence-corrected chi connectivity index (χ4v) is 0.871. The van der Waals surface area contributed by atoms with Gasteiger partial charge in [0, 0.05) is 19.5 Å². The van der Waals surface area contributed by atoms with E-state index in [1.54, 1.807) is 16.9 Å². The molecule has 0 fully saturated rings. The maximum absolute atomic E-state index is 10.6. The summed E-state index contributed by atoms with van der Waals surface area (Å²) in [6, 6.07) is 1.77. The number of hydrogen-bond donors (Lipinski definition) is 1. The predicted octanol–water partition coefficient (Wildman–Crippen LogP) is 0.861. The van der Waals surface area contributed by atoms with Crippen LogP contribution in [0.3, 0.4) is 0 Å². The van der Waals surface area contributed by atoms with Crippen molar-refractivity contribution in [1.29, 1.82) is 0 Å². The second kappa shape index (κ2) is 3.18. The molecule has 0 atom stereocenters. The van der Waals surface area contributed by atoms with Crippen molar-refractivity contribution < 1.29 is 4.79 Å². The predicted molar refractivity (Wildman–Crippen MR) is 42.2 cm³/mol. The molecule has 0 radical (unpaired) electrons. The molecule has 0 saturated heterocycles. The van der Waals surface area contributed by atoms with Crippen LogP contribution in [-0.2, 0) is 11.3 Å². The fourth-order valence-electron chi connectivity index (χ4n) is 0.871. The van der Waals surface area contributed by atoms with E-state index in [4.69, 9.17) is 0 Å². The molecule has 1 heterocycles. The molecule has 0 aliphatic carbocycles. The SMILES string of the molecule is CCn1nccc1NC(C)=O. The first kappa shape index (κ1) is 7.78. The molecule has 1 rings (SSSR count). The molecule has 1 N–H and O–H groups in total. The van der Waals surface area contributed by atoms with Crippen LogP contribution in [0.2, 0.25) is 0 Å². The molecule has 0 aromatic carbocycles. The minimum atomic E-state index is -0.0693. The Labute approximate surface area is 65.2 Å². The van der Waals surface area contributed by atoms with Gasteiger partial charge in [-0.1, -0.05) is 0 Å². The summed E-state index contributed by atoms with van der Waals surface area (Å²) in [4.78, 5) is 10.6. The van der Waals surface area contributed by atoms with Gasteiger partial charge in [0.25, 0.3) is 0 Å². The van der Waals surface area contributed by atoms with Gasteiger partial charge in [-0.3, -0.25) is 4.79 Å². The largest absolute Gasteiger partial charge is 0.311 e. The number of anilines is 1. The summed E-state index contributed by atoms with van der Waals surface area (Å²) >= 11 is 0. The van der Waals surface area contributed by atoms with Gasteiger partial charge in [0.15, 0.2) is 0 Å². The lowest BCUT2D eigenvalue weighted by atomic mass is 10.5. The van der Waals surface area contributed by atoms with Crippen LogP contribution in [0.15, 0.2) is 12.3 Å². The standard InChI is InChI=1S/C7H11N3O/c1-3-10-7(4-5-8-10)9-6(2)11/h4-5H,3H2,1-2H3,(H,9,11). The molecular formula is C7H11N3O. The van der Waals surface area contributed by atoms with E-state index in [2.05, 4.69) is 10.4 Å². The van der Waals surface area contributed by atoms with Gasteiger partial charge in [-0.15, -0.1) is 0 Å². The third-order valence-corrected chi connectivity index (χ3v) is 1.32. The normalized spacial score (nSPS) is 9.64. The van der Waals surface area contributed by atoms with Crippen LogP contribution in [0.5, 0.6) is 0 Å². The molecule has 11 heavy (non-hydrogen) atoms. The quantitative estimate of drug-likeness (QED) is 0.685. The molecule has 0 bridgehead atoms. The average molecular weight is 153 g/mol. The van der Waals surface area contributed by atoms with E-state index in [1.165, 1.54) is 6.92 Å². The van der Waals surface area contributed by atoms with Crippen molar-refractivity contribution in [2.45, 2.75) is 20.4 Å². The summed E-state index contributed by atoms with van der Waals surface area (Å²) in [5, 5.41) is 6.66. The third kappa shape index (κ3) is 1.80. The van der Waals surface area contributed by atoms with Crippen molar-refractivity contribution in [2.75, 3.05) is 5.32 Å². The van der Waals surface area contributed by atoms with Crippen molar-refractivity contribution >= 4 is 11.7 Å². The van der Waals surface area contributed by atoms with Crippen molar-refractivity contribution in [3.05, 3.63) is 12.3 Å². The van der Waals surface area contributed by atoms with E-state index >= 15 is 0 Å². The van der Waals surface area contributed by atoms with E-state index in [-0.39, 0.29) is 5.91 Å². The first-order valence-corrected chi connectivity index (χ1v) is 3.53. The summed E-state index contributed by atoms with van der Waals surface area (Å²) in [6.45, 7) is 4.22.